The highest BCUT2D eigenvalue weighted by Crippen LogP contribution is 2.22. The zero-order valence-electron chi connectivity index (χ0n) is 26.4. The standard InChI is InChI=1S/C33H58O10/c1-3-5-7-9-10-11-12-13-14-15-16-18-20-22-29(36)42-26(24-40-28(35)21-19-17-8-6-4-2)25-41-33-32(39)31(38)30(37)27(23-34)43-33/h7,9,11-12,26-27,30-34,37-39H,3-6,8,10,13-25H2,1-2H3/b9-7-,12-11-. The molecule has 1 fully saturated rings. The molecule has 0 aromatic rings. The van der Waals surface area contributed by atoms with Crippen LogP contribution in [0.3, 0.4) is 0 Å². The lowest BCUT2D eigenvalue weighted by molar-refractivity contribution is -0.305. The molecule has 4 N–H and O–H groups in total. The van der Waals surface area contributed by atoms with Crippen LogP contribution in [0.1, 0.15) is 117 Å². The molecule has 0 aliphatic carbocycles. The van der Waals surface area contributed by atoms with Crippen LogP contribution in [-0.2, 0) is 28.5 Å². The Balaban J connectivity index is 2.45. The monoisotopic (exact) mass is 614 g/mol. The quantitative estimate of drug-likeness (QED) is 0.0649. The summed E-state index contributed by atoms with van der Waals surface area (Å²) >= 11 is 0. The summed E-state index contributed by atoms with van der Waals surface area (Å²) in [6.07, 6.45) is 15.3. The average molecular weight is 615 g/mol. The fourth-order valence-electron chi connectivity index (χ4n) is 4.63. The first-order valence-electron chi connectivity index (χ1n) is 16.4. The molecule has 0 spiro atoms. The van der Waals surface area contributed by atoms with Crippen LogP contribution < -0.4 is 0 Å². The lowest BCUT2D eigenvalue weighted by Crippen LogP contribution is -2.59. The third kappa shape index (κ3) is 18.6. The summed E-state index contributed by atoms with van der Waals surface area (Å²) in [5.74, 6) is -0.842. The fourth-order valence-corrected chi connectivity index (χ4v) is 4.63. The lowest BCUT2D eigenvalue weighted by atomic mass is 9.99. The molecule has 0 radical (unpaired) electrons. The van der Waals surface area contributed by atoms with E-state index in [4.69, 9.17) is 18.9 Å². The van der Waals surface area contributed by atoms with Gasteiger partial charge in [0.05, 0.1) is 13.2 Å². The van der Waals surface area contributed by atoms with Gasteiger partial charge in [-0.1, -0.05) is 89.5 Å². The van der Waals surface area contributed by atoms with Gasteiger partial charge in [0, 0.05) is 12.8 Å². The van der Waals surface area contributed by atoms with Crippen molar-refractivity contribution in [3.63, 3.8) is 0 Å². The molecule has 250 valence electrons. The third-order valence-electron chi connectivity index (χ3n) is 7.32. The molecule has 6 atom stereocenters. The number of aliphatic hydroxyl groups is 4. The molecule has 10 heteroatoms. The fraction of sp³-hybridized carbons (Fsp3) is 0.818. The van der Waals surface area contributed by atoms with Crippen molar-refractivity contribution in [1.29, 1.82) is 0 Å². The molecule has 0 saturated carbocycles. The molecular formula is C33H58O10. The highest BCUT2D eigenvalue weighted by Gasteiger charge is 2.44. The smallest absolute Gasteiger partial charge is 0.306 e. The minimum absolute atomic E-state index is 0.214. The number of ether oxygens (including phenoxy) is 4. The van der Waals surface area contributed by atoms with E-state index >= 15 is 0 Å². The van der Waals surface area contributed by atoms with E-state index in [9.17, 15) is 30.0 Å². The zero-order chi connectivity index (χ0) is 31.7. The van der Waals surface area contributed by atoms with Crippen LogP contribution in [-0.4, -0.2) is 89.0 Å². The molecule has 0 aromatic heterocycles. The van der Waals surface area contributed by atoms with Gasteiger partial charge < -0.3 is 39.4 Å². The molecule has 0 bridgehead atoms. The van der Waals surface area contributed by atoms with Gasteiger partial charge in [0.15, 0.2) is 12.4 Å². The van der Waals surface area contributed by atoms with E-state index in [1.807, 2.05) is 0 Å². The van der Waals surface area contributed by atoms with Crippen molar-refractivity contribution in [1.82, 2.24) is 0 Å². The molecule has 1 aliphatic heterocycles. The van der Waals surface area contributed by atoms with Crippen LogP contribution in [0.25, 0.3) is 0 Å². The number of carbonyl (C=O) groups is 2. The van der Waals surface area contributed by atoms with Gasteiger partial charge in [0.25, 0.3) is 0 Å². The third-order valence-corrected chi connectivity index (χ3v) is 7.32. The second-order valence-corrected chi connectivity index (χ2v) is 11.3. The Morgan fingerprint density at radius 1 is 0.721 bits per heavy atom. The van der Waals surface area contributed by atoms with Crippen molar-refractivity contribution in [2.45, 2.75) is 153 Å². The van der Waals surface area contributed by atoms with Gasteiger partial charge in [-0.3, -0.25) is 9.59 Å². The predicted molar refractivity (Wildman–Crippen MR) is 164 cm³/mol. The molecule has 1 rings (SSSR count). The van der Waals surface area contributed by atoms with E-state index in [1.54, 1.807) is 0 Å². The van der Waals surface area contributed by atoms with E-state index in [0.29, 0.717) is 6.42 Å². The maximum absolute atomic E-state index is 12.6. The number of carbonyl (C=O) groups excluding carboxylic acids is 2. The summed E-state index contributed by atoms with van der Waals surface area (Å²) < 4.78 is 21.8. The highest BCUT2D eigenvalue weighted by atomic mass is 16.7. The van der Waals surface area contributed by atoms with Gasteiger partial charge in [-0.2, -0.15) is 0 Å². The van der Waals surface area contributed by atoms with Crippen LogP contribution in [0.5, 0.6) is 0 Å². The number of hydrogen-bond donors (Lipinski definition) is 4. The number of unbranched alkanes of at least 4 members (excludes halogenated alkanes) is 10. The summed E-state index contributed by atoms with van der Waals surface area (Å²) in [6.45, 7) is 3.20. The van der Waals surface area contributed by atoms with E-state index in [-0.39, 0.29) is 26.1 Å². The van der Waals surface area contributed by atoms with Gasteiger partial charge >= 0.3 is 11.9 Å². The lowest BCUT2D eigenvalue weighted by Gasteiger charge is -2.39. The van der Waals surface area contributed by atoms with E-state index in [2.05, 4.69) is 38.2 Å². The summed E-state index contributed by atoms with van der Waals surface area (Å²) in [5, 5.41) is 39.6. The molecule has 10 nitrogen and oxygen atoms in total. The number of rotatable bonds is 25. The van der Waals surface area contributed by atoms with Crippen LogP contribution in [0.4, 0.5) is 0 Å². The second kappa shape index (κ2) is 25.5. The Morgan fingerprint density at radius 3 is 2.02 bits per heavy atom. The van der Waals surface area contributed by atoms with Crippen molar-refractivity contribution >= 4 is 11.9 Å². The summed E-state index contributed by atoms with van der Waals surface area (Å²) in [5.41, 5.74) is 0. The van der Waals surface area contributed by atoms with E-state index in [1.165, 1.54) is 6.42 Å². The maximum atomic E-state index is 12.6. The largest absolute Gasteiger partial charge is 0.462 e. The summed E-state index contributed by atoms with van der Waals surface area (Å²) in [7, 11) is 0. The molecule has 6 unspecified atom stereocenters. The van der Waals surface area contributed by atoms with Crippen LogP contribution in [0.2, 0.25) is 0 Å². The van der Waals surface area contributed by atoms with Crippen molar-refractivity contribution in [3.8, 4) is 0 Å². The molecule has 0 amide bonds. The summed E-state index contributed by atoms with van der Waals surface area (Å²) in [6, 6.07) is 0. The Morgan fingerprint density at radius 2 is 1.35 bits per heavy atom. The predicted octanol–water partition coefficient (Wildman–Crippen LogP) is 4.65. The van der Waals surface area contributed by atoms with Gasteiger partial charge in [0.1, 0.15) is 31.0 Å². The van der Waals surface area contributed by atoms with Crippen molar-refractivity contribution in [2.24, 2.45) is 0 Å². The second-order valence-electron chi connectivity index (χ2n) is 11.3. The summed E-state index contributed by atoms with van der Waals surface area (Å²) in [4.78, 5) is 24.8. The van der Waals surface area contributed by atoms with Crippen LogP contribution in [0, 0.1) is 0 Å². The molecule has 43 heavy (non-hydrogen) atoms. The molecule has 1 heterocycles. The molecule has 0 aromatic carbocycles. The van der Waals surface area contributed by atoms with Crippen LogP contribution >= 0.6 is 0 Å². The van der Waals surface area contributed by atoms with Gasteiger partial charge in [0.2, 0.25) is 0 Å². The Labute approximate surface area is 258 Å². The van der Waals surface area contributed by atoms with Crippen molar-refractivity contribution in [3.05, 3.63) is 24.3 Å². The number of allylic oxidation sites excluding steroid dienone is 4. The normalized spacial score (nSPS) is 23.2. The Bertz CT molecular complexity index is 769. The van der Waals surface area contributed by atoms with E-state index < -0.39 is 55.4 Å². The average Bonchev–Trinajstić information content (AvgIpc) is 3.00. The number of esters is 2. The minimum Gasteiger partial charge on any atom is -0.462 e. The van der Waals surface area contributed by atoms with Gasteiger partial charge in [-0.05, 0) is 38.5 Å². The topological polar surface area (TPSA) is 152 Å². The van der Waals surface area contributed by atoms with E-state index in [0.717, 1.165) is 77.0 Å². The Hall–Kier alpha value is -1.82. The highest BCUT2D eigenvalue weighted by molar-refractivity contribution is 5.70. The maximum Gasteiger partial charge on any atom is 0.306 e. The number of hydrogen-bond acceptors (Lipinski definition) is 10. The molecule has 1 saturated heterocycles. The first-order chi connectivity index (χ1) is 20.8. The molecule has 1 aliphatic rings. The van der Waals surface area contributed by atoms with Crippen molar-refractivity contribution in [2.75, 3.05) is 19.8 Å². The zero-order valence-corrected chi connectivity index (χ0v) is 26.4. The van der Waals surface area contributed by atoms with Crippen molar-refractivity contribution < 1.29 is 49.0 Å². The minimum atomic E-state index is -1.59. The SMILES string of the molecule is CCC/C=C\C/C=C\CCCCCCCC(=O)OC(COC(=O)CCCCCCC)COC1OC(CO)C(O)C(O)C1O. The van der Waals surface area contributed by atoms with Crippen LogP contribution in [0.15, 0.2) is 24.3 Å². The number of aliphatic hydroxyl groups excluding tert-OH is 4. The first-order valence-corrected chi connectivity index (χ1v) is 16.4. The van der Waals surface area contributed by atoms with Gasteiger partial charge in [-0.25, -0.2) is 0 Å². The van der Waals surface area contributed by atoms with Gasteiger partial charge in [-0.15, -0.1) is 0 Å². The first kappa shape index (κ1) is 39.2. The molecular weight excluding hydrogens is 556 g/mol. The Kier molecular flexibility index (Phi) is 23.3.